The summed E-state index contributed by atoms with van der Waals surface area (Å²) in [4.78, 5) is 0. The molecular formula is C16H27NO. The Morgan fingerprint density at radius 1 is 1.11 bits per heavy atom. The molecule has 0 heterocycles. The molecule has 1 unspecified atom stereocenters. The van der Waals surface area contributed by atoms with Crippen molar-refractivity contribution in [3.8, 4) is 0 Å². The van der Waals surface area contributed by atoms with Gasteiger partial charge in [-0.25, -0.2) is 0 Å². The summed E-state index contributed by atoms with van der Waals surface area (Å²) in [6.45, 7) is 8.46. The molecule has 0 radical (unpaired) electrons. The van der Waals surface area contributed by atoms with Crippen LogP contribution in [-0.4, -0.2) is 13.2 Å². The van der Waals surface area contributed by atoms with Gasteiger partial charge in [0.15, 0.2) is 0 Å². The highest BCUT2D eigenvalue weighted by Crippen LogP contribution is 2.09. The zero-order chi connectivity index (χ0) is 13.4. The van der Waals surface area contributed by atoms with Gasteiger partial charge in [0.2, 0.25) is 0 Å². The Balaban J connectivity index is 2.35. The molecule has 0 aliphatic carbocycles. The molecule has 1 N–H and O–H groups in total. The standard InChI is InChI=1S/C16H27NO/c1-13(2)8-9-14(3)17-11-15-6-5-7-16(10-15)12-18-4/h5-7,10,13-14,17H,8-9,11-12H2,1-4H3. The highest BCUT2D eigenvalue weighted by atomic mass is 16.5. The molecule has 1 atom stereocenters. The van der Waals surface area contributed by atoms with E-state index in [-0.39, 0.29) is 0 Å². The molecule has 2 nitrogen and oxygen atoms in total. The predicted octanol–water partition coefficient (Wildman–Crippen LogP) is 3.75. The van der Waals surface area contributed by atoms with Crippen LogP contribution in [0.25, 0.3) is 0 Å². The van der Waals surface area contributed by atoms with Gasteiger partial charge in [0, 0.05) is 19.7 Å². The van der Waals surface area contributed by atoms with E-state index in [2.05, 4.69) is 50.4 Å². The summed E-state index contributed by atoms with van der Waals surface area (Å²) < 4.78 is 5.15. The summed E-state index contributed by atoms with van der Waals surface area (Å²) in [5, 5.41) is 3.58. The second-order valence-corrected chi connectivity index (χ2v) is 5.51. The molecule has 0 saturated heterocycles. The van der Waals surface area contributed by atoms with Crippen molar-refractivity contribution in [1.29, 1.82) is 0 Å². The molecule has 0 aromatic heterocycles. The van der Waals surface area contributed by atoms with Crippen molar-refractivity contribution in [2.24, 2.45) is 5.92 Å². The van der Waals surface area contributed by atoms with E-state index in [0.717, 1.165) is 12.5 Å². The fraction of sp³-hybridized carbons (Fsp3) is 0.625. The number of methoxy groups -OCH3 is 1. The second kappa shape index (κ2) is 8.28. The Labute approximate surface area is 112 Å². The lowest BCUT2D eigenvalue weighted by Gasteiger charge is -2.15. The molecule has 0 aliphatic heterocycles. The summed E-state index contributed by atoms with van der Waals surface area (Å²) in [7, 11) is 1.74. The van der Waals surface area contributed by atoms with E-state index < -0.39 is 0 Å². The Bertz CT molecular complexity index is 336. The van der Waals surface area contributed by atoms with Crippen molar-refractivity contribution >= 4 is 0 Å². The van der Waals surface area contributed by atoms with Crippen molar-refractivity contribution in [2.75, 3.05) is 7.11 Å². The molecule has 0 bridgehead atoms. The fourth-order valence-electron chi connectivity index (χ4n) is 1.97. The molecule has 18 heavy (non-hydrogen) atoms. The number of hydrogen-bond donors (Lipinski definition) is 1. The number of hydrogen-bond acceptors (Lipinski definition) is 2. The Morgan fingerprint density at radius 3 is 2.50 bits per heavy atom. The summed E-state index contributed by atoms with van der Waals surface area (Å²) in [6, 6.07) is 9.17. The SMILES string of the molecule is COCc1cccc(CNC(C)CCC(C)C)c1. The van der Waals surface area contributed by atoms with E-state index in [1.165, 1.54) is 24.0 Å². The highest BCUT2D eigenvalue weighted by Gasteiger charge is 2.03. The average molecular weight is 249 g/mol. The lowest BCUT2D eigenvalue weighted by Crippen LogP contribution is -2.25. The first-order valence-electron chi connectivity index (χ1n) is 6.92. The van der Waals surface area contributed by atoms with E-state index in [0.29, 0.717) is 12.6 Å². The first kappa shape index (κ1) is 15.2. The molecule has 0 fully saturated rings. The van der Waals surface area contributed by atoms with E-state index in [4.69, 9.17) is 4.74 Å². The molecule has 0 spiro atoms. The van der Waals surface area contributed by atoms with Gasteiger partial charge in [0.25, 0.3) is 0 Å². The van der Waals surface area contributed by atoms with Crippen LogP contribution in [-0.2, 0) is 17.9 Å². The zero-order valence-electron chi connectivity index (χ0n) is 12.2. The van der Waals surface area contributed by atoms with Crippen molar-refractivity contribution < 1.29 is 4.74 Å². The van der Waals surface area contributed by atoms with Crippen LogP contribution in [0.5, 0.6) is 0 Å². The molecule has 2 heteroatoms. The van der Waals surface area contributed by atoms with Crippen LogP contribution in [0.1, 0.15) is 44.7 Å². The van der Waals surface area contributed by atoms with Crippen molar-refractivity contribution in [2.45, 2.75) is 52.8 Å². The summed E-state index contributed by atoms with van der Waals surface area (Å²) in [6.07, 6.45) is 2.54. The van der Waals surface area contributed by atoms with Crippen molar-refractivity contribution in [3.63, 3.8) is 0 Å². The maximum Gasteiger partial charge on any atom is 0.0713 e. The van der Waals surface area contributed by atoms with Crippen LogP contribution in [0.15, 0.2) is 24.3 Å². The smallest absolute Gasteiger partial charge is 0.0713 e. The van der Waals surface area contributed by atoms with Gasteiger partial charge in [0.1, 0.15) is 0 Å². The minimum absolute atomic E-state index is 0.582. The van der Waals surface area contributed by atoms with Gasteiger partial charge in [-0.05, 0) is 36.8 Å². The van der Waals surface area contributed by atoms with Gasteiger partial charge in [-0.2, -0.15) is 0 Å². The van der Waals surface area contributed by atoms with Gasteiger partial charge >= 0.3 is 0 Å². The van der Waals surface area contributed by atoms with Crippen LogP contribution < -0.4 is 5.32 Å². The minimum Gasteiger partial charge on any atom is -0.380 e. The largest absolute Gasteiger partial charge is 0.380 e. The monoisotopic (exact) mass is 249 g/mol. The molecule has 0 amide bonds. The summed E-state index contributed by atoms with van der Waals surface area (Å²) >= 11 is 0. The molecular weight excluding hydrogens is 222 g/mol. The molecule has 0 aliphatic rings. The van der Waals surface area contributed by atoms with Gasteiger partial charge in [-0.15, -0.1) is 0 Å². The van der Waals surface area contributed by atoms with Crippen LogP contribution in [0.4, 0.5) is 0 Å². The first-order valence-corrected chi connectivity index (χ1v) is 6.92. The number of ether oxygens (including phenoxy) is 1. The average Bonchev–Trinajstić information content (AvgIpc) is 2.35. The molecule has 1 rings (SSSR count). The van der Waals surface area contributed by atoms with Gasteiger partial charge in [-0.3, -0.25) is 0 Å². The van der Waals surface area contributed by atoms with Gasteiger partial charge < -0.3 is 10.1 Å². The topological polar surface area (TPSA) is 21.3 Å². The zero-order valence-corrected chi connectivity index (χ0v) is 12.2. The highest BCUT2D eigenvalue weighted by molar-refractivity contribution is 5.22. The maximum atomic E-state index is 5.15. The van der Waals surface area contributed by atoms with Crippen LogP contribution >= 0.6 is 0 Å². The van der Waals surface area contributed by atoms with E-state index in [9.17, 15) is 0 Å². The Morgan fingerprint density at radius 2 is 1.83 bits per heavy atom. The lowest BCUT2D eigenvalue weighted by atomic mass is 10.0. The van der Waals surface area contributed by atoms with Crippen molar-refractivity contribution in [1.82, 2.24) is 5.32 Å². The van der Waals surface area contributed by atoms with E-state index in [1.807, 2.05) is 0 Å². The quantitative estimate of drug-likeness (QED) is 0.757. The Kier molecular flexibility index (Phi) is 6.99. The third kappa shape index (κ3) is 6.18. The molecule has 102 valence electrons. The van der Waals surface area contributed by atoms with Gasteiger partial charge in [0.05, 0.1) is 6.61 Å². The third-order valence-electron chi connectivity index (χ3n) is 3.13. The maximum absolute atomic E-state index is 5.15. The Hall–Kier alpha value is -0.860. The molecule has 0 saturated carbocycles. The van der Waals surface area contributed by atoms with Crippen LogP contribution in [0.2, 0.25) is 0 Å². The van der Waals surface area contributed by atoms with Gasteiger partial charge in [-0.1, -0.05) is 38.1 Å². The number of rotatable bonds is 8. The molecule has 1 aromatic rings. The third-order valence-corrected chi connectivity index (χ3v) is 3.13. The first-order chi connectivity index (χ1) is 8.61. The predicted molar refractivity (Wildman–Crippen MR) is 77.5 cm³/mol. The van der Waals surface area contributed by atoms with Crippen molar-refractivity contribution in [3.05, 3.63) is 35.4 Å². The summed E-state index contributed by atoms with van der Waals surface area (Å²) in [5.74, 6) is 0.791. The lowest BCUT2D eigenvalue weighted by molar-refractivity contribution is 0.185. The van der Waals surface area contributed by atoms with Crippen LogP contribution in [0, 0.1) is 5.92 Å². The van der Waals surface area contributed by atoms with E-state index >= 15 is 0 Å². The summed E-state index contributed by atoms with van der Waals surface area (Å²) in [5.41, 5.74) is 2.58. The molecule has 1 aromatic carbocycles. The number of benzene rings is 1. The van der Waals surface area contributed by atoms with E-state index in [1.54, 1.807) is 7.11 Å². The minimum atomic E-state index is 0.582. The normalized spacial score (nSPS) is 12.9. The second-order valence-electron chi connectivity index (χ2n) is 5.51. The number of nitrogens with one attached hydrogen (secondary N) is 1. The van der Waals surface area contributed by atoms with Crippen LogP contribution in [0.3, 0.4) is 0 Å². The fourth-order valence-corrected chi connectivity index (χ4v) is 1.97.